The molecular formula is C15H24O. The maximum Gasteiger partial charge on any atom is 0.137 e. The van der Waals surface area contributed by atoms with Crippen molar-refractivity contribution in [2.24, 2.45) is 5.92 Å². The molecule has 0 amide bonds. The fourth-order valence-electron chi connectivity index (χ4n) is 1.35. The van der Waals surface area contributed by atoms with Gasteiger partial charge in [0.1, 0.15) is 5.78 Å². The Morgan fingerprint density at radius 1 is 1.12 bits per heavy atom. The number of carbonyl (C=O) groups excluding carboxylic acids is 1. The molecule has 0 aromatic heterocycles. The lowest BCUT2D eigenvalue weighted by atomic mass is 10.0. The number of rotatable bonds is 4. The molecule has 90 valence electrons. The molecule has 0 atom stereocenters. The van der Waals surface area contributed by atoms with E-state index in [0.29, 0.717) is 24.5 Å². The number of carbonyl (C=O) groups is 1. The second kappa shape index (κ2) is 9.14. The fourth-order valence-corrected chi connectivity index (χ4v) is 1.35. The van der Waals surface area contributed by atoms with Crippen LogP contribution in [0.3, 0.4) is 0 Å². The molecular weight excluding hydrogens is 196 g/mol. The minimum absolute atomic E-state index is 0.334. The third kappa shape index (κ3) is 8.22. The van der Waals surface area contributed by atoms with E-state index < -0.39 is 0 Å². The van der Waals surface area contributed by atoms with Gasteiger partial charge in [-0.1, -0.05) is 64.4 Å². The van der Waals surface area contributed by atoms with Gasteiger partial charge >= 0.3 is 0 Å². The van der Waals surface area contributed by atoms with E-state index in [4.69, 9.17) is 0 Å². The van der Waals surface area contributed by atoms with E-state index in [1.807, 2.05) is 30.3 Å². The molecule has 0 heterocycles. The molecule has 0 fully saturated rings. The minimum atomic E-state index is 0.334. The highest BCUT2D eigenvalue weighted by Gasteiger charge is 2.05. The number of Topliss-reactive ketones (excluding diaryl/α,β-unsaturated/α-hetero) is 1. The van der Waals surface area contributed by atoms with Crippen molar-refractivity contribution in [2.75, 3.05) is 0 Å². The van der Waals surface area contributed by atoms with Crippen molar-refractivity contribution in [3.63, 3.8) is 0 Å². The van der Waals surface area contributed by atoms with E-state index >= 15 is 0 Å². The first-order chi connectivity index (χ1) is 7.60. The van der Waals surface area contributed by atoms with Crippen LogP contribution in [0.5, 0.6) is 0 Å². The number of hydrogen-bond donors (Lipinski definition) is 0. The minimum Gasteiger partial charge on any atom is -0.299 e. The van der Waals surface area contributed by atoms with Crippen molar-refractivity contribution < 1.29 is 4.79 Å². The molecule has 1 aromatic rings. The Morgan fingerprint density at radius 3 is 2.06 bits per heavy atom. The summed E-state index contributed by atoms with van der Waals surface area (Å²) in [6.45, 7) is 8.39. The van der Waals surface area contributed by atoms with Crippen molar-refractivity contribution >= 4 is 5.78 Å². The van der Waals surface area contributed by atoms with Gasteiger partial charge in [-0.2, -0.15) is 0 Å². The molecule has 0 aliphatic carbocycles. The number of ketones is 1. The van der Waals surface area contributed by atoms with Crippen LogP contribution >= 0.6 is 0 Å². The zero-order chi connectivity index (χ0) is 12.4. The van der Waals surface area contributed by atoms with Crippen LogP contribution in [0.4, 0.5) is 0 Å². The lowest BCUT2D eigenvalue weighted by molar-refractivity contribution is -0.119. The summed E-state index contributed by atoms with van der Waals surface area (Å²) in [6, 6.07) is 9.91. The van der Waals surface area contributed by atoms with Gasteiger partial charge in [-0.25, -0.2) is 0 Å². The molecule has 1 nitrogen and oxygen atoms in total. The predicted molar refractivity (Wildman–Crippen MR) is 70.6 cm³/mol. The van der Waals surface area contributed by atoms with Gasteiger partial charge in [0.2, 0.25) is 0 Å². The highest BCUT2D eigenvalue weighted by atomic mass is 16.1. The third-order valence-electron chi connectivity index (χ3n) is 1.88. The second-order valence-electron chi connectivity index (χ2n) is 4.51. The Bertz CT molecular complexity index is 275. The summed E-state index contributed by atoms with van der Waals surface area (Å²) < 4.78 is 0. The first-order valence-electron chi connectivity index (χ1n) is 6.15. The lowest BCUT2D eigenvalue weighted by Crippen LogP contribution is -2.05. The van der Waals surface area contributed by atoms with Crippen LogP contribution in [0.1, 0.15) is 46.1 Å². The Morgan fingerprint density at radius 2 is 1.62 bits per heavy atom. The zero-order valence-electron chi connectivity index (χ0n) is 11.0. The molecule has 0 bridgehead atoms. The summed E-state index contributed by atoms with van der Waals surface area (Å²) in [5.41, 5.74) is 1.12. The monoisotopic (exact) mass is 220 g/mol. The SMILES string of the molecule is CC(C)CC(=O)Cc1ccccc1.CCC. The normalized spacial score (nSPS) is 9.56. The molecule has 1 heteroatoms. The maximum atomic E-state index is 11.4. The predicted octanol–water partition coefficient (Wildman–Crippen LogP) is 4.26. The van der Waals surface area contributed by atoms with Crippen LogP contribution in [0, 0.1) is 5.92 Å². The summed E-state index contributed by atoms with van der Waals surface area (Å²) >= 11 is 0. The Hall–Kier alpha value is -1.11. The van der Waals surface area contributed by atoms with Crippen molar-refractivity contribution in [1.82, 2.24) is 0 Å². The van der Waals surface area contributed by atoms with E-state index in [9.17, 15) is 4.79 Å². The largest absolute Gasteiger partial charge is 0.299 e. The number of benzene rings is 1. The van der Waals surface area contributed by atoms with Crippen molar-refractivity contribution in [3.05, 3.63) is 35.9 Å². The third-order valence-corrected chi connectivity index (χ3v) is 1.88. The summed E-state index contributed by atoms with van der Waals surface area (Å²) in [6.07, 6.45) is 2.52. The Kier molecular flexibility index (Phi) is 8.51. The maximum absolute atomic E-state index is 11.4. The van der Waals surface area contributed by atoms with Gasteiger partial charge in [0.05, 0.1) is 0 Å². The molecule has 0 spiro atoms. The average Bonchev–Trinajstić information content (AvgIpc) is 2.18. The molecule has 1 aromatic carbocycles. The van der Waals surface area contributed by atoms with E-state index in [1.165, 1.54) is 6.42 Å². The van der Waals surface area contributed by atoms with Crippen molar-refractivity contribution in [3.8, 4) is 0 Å². The molecule has 0 N–H and O–H groups in total. The first kappa shape index (κ1) is 14.9. The molecule has 0 unspecified atom stereocenters. The van der Waals surface area contributed by atoms with E-state index in [1.54, 1.807) is 0 Å². The van der Waals surface area contributed by atoms with Crippen molar-refractivity contribution in [1.29, 1.82) is 0 Å². The van der Waals surface area contributed by atoms with E-state index in [-0.39, 0.29) is 0 Å². The van der Waals surface area contributed by atoms with Crippen LogP contribution in [0.25, 0.3) is 0 Å². The van der Waals surface area contributed by atoms with Gasteiger partial charge in [0.15, 0.2) is 0 Å². The van der Waals surface area contributed by atoms with Gasteiger partial charge < -0.3 is 0 Å². The molecule has 0 radical (unpaired) electrons. The highest BCUT2D eigenvalue weighted by Crippen LogP contribution is 2.06. The summed E-state index contributed by atoms with van der Waals surface area (Å²) in [5.74, 6) is 0.803. The highest BCUT2D eigenvalue weighted by molar-refractivity contribution is 5.80. The van der Waals surface area contributed by atoms with Gasteiger partial charge in [-0.3, -0.25) is 4.79 Å². The molecule has 0 saturated heterocycles. The topological polar surface area (TPSA) is 17.1 Å². The van der Waals surface area contributed by atoms with E-state index in [2.05, 4.69) is 27.7 Å². The second-order valence-corrected chi connectivity index (χ2v) is 4.51. The van der Waals surface area contributed by atoms with Crippen LogP contribution in [-0.4, -0.2) is 5.78 Å². The smallest absolute Gasteiger partial charge is 0.137 e. The Labute approximate surface area is 99.9 Å². The molecule has 16 heavy (non-hydrogen) atoms. The molecule has 0 aliphatic heterocycles. The zero-order valence-corrected chi connectivity index (χ0v) is 11.0. The quantitative estimate of drug-likeness (QED) is 0.741. The summed E-state index contributed by atoms with van der Waals surface area (Å²) in [4.78, 5) is 11.4. The average molecular weight is 220 g/mol. The summed E-state index contributed by atoms with van der Waals surface area (Å²) in [7, 11) is 0. The van der Waals surface area contributed by atoms with Crippen LogP contribution < -0.4 is 0 Å². The fraction of sp³-hybridized carbons (Fsp3) is 0.533. The Balaban J connectivity index is 0.000000673. The number of hydrogen-bond acceptors (Lipinski definition) is 1. The molecule has 1 rings (SSSR count). The summed E-state index contributed by atoms with van der Waals surface area (Å²) in [5, 5.41) is 0. The van der Waals surface area contributed by atoms with Gasteiger partial charge in [0, 0.05) is 12.8 Å². The van der Waals surface area contributed by atoms with Gasteiger partial charge in [-0.15, -0.1) is 0 Å². The lowest BCUT2D eigenvalue weighted by Gasteiger charge is -2.03. The van der Waals surface area contributed by atoms with Crippen molar-refractivity contribution in [2.45, 2.75) is 47.0 Å². The van der Waals surface area contributed by atoms with Crippen LogP contribution in [0.15, 0.2) is 30.3 Å². The standard InChI is InChI=1S/C12H16O.C3H8/c1-10(2)8-12(13)9-11-6-4-3-5-7-11;1-3-2/h3-7,10H,8-9H2,1-2H3;3H2,1-2H3. The van der Waals surface area contributed by atoms with Crippen LogP contribution in [-0.2, 0) is 11.2 Å². The van der Waals surface area contributed by atoms with Gasteiger partial charge in [-0.05, 0) is 11.5 Å². The van der Waals surface area contributed by atoms with E-state index in [0.717, 1.165) is 5.56 Å². The molecule has 0 aliphatic rings. The molecule has 0 saturated carbocycles. The first-order valence-corrected chi connectivity index (χ1v) is 6.15. The van der Waals surface area contributed by atoms with Crippen LogP contribution in [0.2, 0.25) is 0 Å². The van der Waals surface area contributed by atoms with Gasteiger partial charge in [0.25, 0.3) is 0 Å².